The predicted molar refractivity (Wildman–Crippen MR) is 147 cm³/mol. The number of aryl methyl sites for hydroxylation is 1. The molecule has 6 nitrogen and oxygen atoms in total. The highest BCUT2D eigenvalue weighted by Gasteiger charge is 2.32. The number of nitrogens with zero attached hydrogens (tertiary/aromatic N) is 1. The molecule has 2 aromatic carbocycles. The molecule has 1 amide bonds. The third-order valence-electron chi connectivity index (χ3n) is 5.01. The molecule has 0 spiro atoms. The van der Waals surface area contributed by atoms with Crippen LogP contribution in [0.25, 0.3) is 6.08 Å². The average molecular weight is 579 g/mol. The molecule has 35 heavy (non-hydrogen) atoms. The van der Waals surface area contributed by atoms with Crippen molar-refractivity contribution >= 4 is 62.2 Å². The number of amides is 1. The first-order chi connectivity index (χ1) is 16.8. The number of halogens is 1. The molecular weight excluding hydrogens is 550 g/mol. The number of carbonyl (C=O) groups is 2. The summed E-state index contributed by atoms with van der Waals surface area (Å²) in [6, 6.07) is 11.9. The van der Waals surface area contributed by atoms with Gasteiger partial charge in [0.15, 0.2) is 11.5 Å². The normalized spacial score (nSPS) is 14.5. The van der Waals surface area contributed by atoms with Gasteiger partial charge in [-0.1, -0.05) is 60.7 Å². The maximum absolute atomic E-state index is 12.9. The molecule has 1 saturated heterocycles. The van der Waals surface area contributed by atoms with Crippen molar-refractivity contribution in [1.82, 2.24) is 4.90 Å². The Kier molecular flexibility index (Phi) is 10.2. The largest absolute Gasteiger partial charge is 0.490 e. The number of thioether (sulfide) groups is 1. The van der Waals surface area contributed by atoms with Gasteiger partial charge in [0.1, 0.15) is 10.9 Å². The molecule has 3 rings (SSSR count). The van der Waals surface area contributed by atoms with Crippen LogP contribution in [0.15, 0.2) is 45.8 Å². The third kappa shape index (κ3) is 7.56. The molecular formula is C26H28BrNO5S2. The SMILES string of the molecule is CCCOC(=O)CCN1C(=O)/C(=C/c2cc(Br)c(OCc3ccc(C)cc3)c(OCC)c2)SC1=S. The second-order valence-electron chi connectivity index (χ2n) is 7.84. The van der Waals surface area contributed by atoms with Gasteiger partial charge >= 0.3 is 5.97 Å². The van der Waals surface area contributed by atoms with Gasteiger partial charge in [-0.25, -0.2) is 0 Å². The molecule has 1 aliphatic rings. The van der Waals surface area contributed by atoms with E-state index in [9.17, 15) is 9.59 Å². The minimum absolute atomic E-state index is 0.104. The van der Waals surface area contributed by atoms with E-state index in [1.54, 1.807) is 6.08 Å². The van der Waals surface area contributed by atoms with Gasteiger partial charge in [0.25, 0.3) is 5.91 Å². The topological polar surface area (TPSA) is 65.1 Å². The van der Waals surface area contributed by atoms with Gasteiger partial charge < -0.3 is 14.2 Å². The van der Waals surface area contributed by atoms with Crippen LogP contribution in [-0.4, -0.2) is 40.9 Å². The Bertz CT molecular complexity index is 1120. The van der Waals surface area contributed by atoms with Crippen molar-refractivity contribution in [1.29, 1.82) is 0 Å². The summed E-state index contributed by atoms with van der Waals surface area (Å²) in [6.45, 7) is 7.31. The summed E-state index contributed by atoms with van der Waals surface area (Å²) in [4.78, 5) is 26.7. The summed E-state index contributed by atoms with van der Waals surface area (Å²) in [6.07, 6.45) is 2.63. The van der Waals surface area contributed by atoms with Crippen LogP contribution in [0.4, 0.5) is 0 Å². The van der Waals surface area contributed by atoms with E-state index in [0.717, 1.165) is 22.0 Å². The van der Waals surface area contributed by atoms with Gasteiger partial charge in [0, 0.05) is 6.54 Å². The Morgan fingerprint density at radius 3 is 2.60 bits per heavy atom. The van der Waals surface area contributed by atoms with Crippen LogP contribution in [0.3, 0.4) is 0 Å². The molecule has 0 N–H and O–H groups in total. The number of esters is 1. The Labute approximate surface area is 224 Å². The van der Waals surface area contributed by atoms with E-state index in [-0.39, 0.29) is 24.8 Å². The van der Waals surface area contributed by atoms with Crippen molar-refractivity contribution in [3.8, 4) is 11.5 Å². The van der Waals surface area contributed by atoms with Gasteiger partial charge in [-0.3, -0.25) is 14.5 Å². The summed E-state index contributed by atoms with van der Waals surface area (Å²) >= 11 is 10.2. The number of carbonyl (C=O) groups excluding carboxylic acids is 2. The quantitative estimate of drug-likeness (QED) is 0.177. The van der Waals surface area contributed by atoms with Gasteiger partial charge in [-0.2, -0.15) is 0 Å². The van der Waals surface area contributed by atoms with E-state index in [4.69, 9.17) is 26.4 Å². The van der Waals surface area contributed by atoms with Crippen molar-refractivity contribution in [2.45, 2.75) is 40.2 Å². The van der Waals surface area contributed by atoms with Gasteiger partial charge in [-0.05, 0) is 65.5 Å². The van der Waals surface area contributed by atoms with E-state index in [2.05, 4.69) is 15.9 Å². The number of hydrogen-bond donors (Lipinski definition) is 0. The molecule has 1 heterocycles. The number of benzene rings is 2. The number of rotatable bonds is 11. The molecule has 0 atom stereocenters. The number of hydrogen-bond acceptors (Lipinski definition) is 7. The Morgan fingerprint density at radius 1 is 1.17 bits per heavy atom. The van der Waals surface area contributed by atoms with E-state index >= 15 is 0 Å². The first-order valence-corrected chi connectivity index (χ1v) is 13.4. The van der Waals surface area contributed by atoms with Crippen LogP contribution in [0.2, 0.25) is 0 Å². The zero-order valence-electron chi connectivity index (χ0n) is 20.0. The predicted octanol–water partition coefficient (Wildman–Crippen LogP) is 6.28. The highest BCUT2D eigenvalue weighted by Crippen LogP contribution is 2.39. The fraction of sp³-hybridized carbons (Fsp3) is 0.346. The smallest absolute Gasteiger partial charge is 0.307 e. The van der Waals surface area contributed by atoms with Crippen molar-refractivity contribution in [3.63, 3.8) is 0 Å². The highest BCUT2D eigenvalue weighted by molar-refractivity contribution is 9.10. The highest BCUT2D eigenvalue weighted by atomic mass is 79.9. The molecule has 9 heteroatoms. The number of ether oxygens (including phenoxy) is 3. The molecule has 186 valence electrons. The summed E-state index contributed by atoms with van der Waals surface area (Å²) in [7, 11) is 0. The first kappa shape index (κ1) is 27.2. The lowest BCUT2D eigenvalue weighted by Gasteiger charge is -2.15. The van der Waals surface area contributed by atoms with Crippen molar-refractivity contribution in [2.24, 2.45) is 0 Å². The van der Waals surface area contributed by atoms with Crippen molar-refractivity contribution in [2.75, 3.05) is 19.8 Å². The molecule has 0 bridgehead atoms. The monoisotopic (exact) mass is 577 g/mol. The van der Waals surface area contributed by atoms with Gasteiger partial charge in [0.2, 0.25) is 0 Å². The molecule has 2 aromatic rings. The third-order valence-corrected chi connectivity index (χ3v) is 6.98. The standard InChI is InChI=1S/C26H28BrNO5S2/c1-4-12-32-23(29)10-11-28-25(30)22(35-26(28)34)15-19-13-20(27)24(21(14-19)31-5-2)33-16-18-8-6-17(3)7-9-18/h6-9,13-15H,4-5,10-12,16H2,1-3H3/b22-15-. The fourth-order valence-electron chi connectivity index (χ4n) is 3.25. The minimum atomic E-state index is -0.337. The van der Waals surface area contributed by atoms with Crippen LogP contribution in [0.1, 0.15) is 43.4 Å². The Balaban J connectivity index is 1.74. The van der Waals surface area contributed by atoms with Gasteiger partial charge in [-0.15, -0.1) is 0 Å². The fourth-order valence-corrected chi connectivity index (χ4v) is 5.13. The van der Waals surface area contributed by atoms with Crippen molar-refractivity contribution < 1.29 is 23.8 Å². The molecule has 0 unspecified atom stereocenters. The van der Waals surface area contributed by atoms with Crippen molar-refractivity contribution in [3.05, 3.63) is 62.5 Å². The average Bonchev–Trinajstić information content (AvgIpc) is 3.09. The van der Waals surface area contributed by atoms with Crippen LogP contribution >= 0.6 is 39.9 Å². The van der Waals surface area contributed by atoms with E-state index in [0.29, 0.717) is 40.5 Å². The summed E-state index contributed by atoms with van der Waals surface area (Å²) < 4.78 is 18.1. The van der Waals surface area contributed by atoms with Crippen LogP contribution in [0.5, 0.6) is 11.5 Å². The van der Waals surface area contributed by atoms with E-state index < -0.39 is 0 Å². The summed E-state index contributed by atoms with van der Waals surface area (Å²) in [5.74, 6) is 0.616. The summed E-state index contributed by atoms with van der Waals surface area (Å²) in [5, 5.41) is 0. The minimum Gasteiger partial charge on any atom is -0.490 e. The lowest BCUT2D eigenvalue weighted by molar-refractivity contribution is -0.143. The molecule has 1 aliphatic heterocycles. The molecule has 1 fully saturated rings. The van der Waals surface area contributed by atoms with Gasteiger partial charge in [0.05, 0.1) is 29.0 Å². The maximum atomic E-state index is 12.9. The van der Waals surface area contributed by atoms with Crippen LogP contribution in [0, 0.1) is 6.92 Å². The first-order valence-electron chi connectivity index (χ1n) is 11.4. The molecule has 0 saturated carbocycles. The Hall–Kier alpha value is -2.36. The van der Waals surface area contributed by atoms with Crippen LogP contribution in [-0.2, 0) is 20.9 Å². The van der Waals surface area contributed by atoms with E-state index in [1.165, 1.54) is 22.2 Å². The second kappa shape index (κ2) is 13.1. The number of thiocarbonyl (C=S) groups is 1. The van der Waals surface area contributed by atoms with E-state index in [1.807, 2.05) is 57.2 Å². The molecule has 0 radical (unpaired) electrons. The van der Waals surface area contributed by atoms with Crippen LogP contribution < -0.4 is 9.47 Å². The zero-order valence-corrected chi connectivity index (χ0v) is 23.2. The second-order valence-corrected chi connectivity index (χ2v) is 10.4. The lowest BCUT2D eigenvalue weighted by Crippen LogP contribution is -2.30. The molecule has 0 aromatic heterocycles. The molecule has 0 aliphatic carbocycles. The Morgan fingerprint density at radius 2 is 1.91 bits per heavy atom. The maximum Gasteiger partial charge on any atom is 0.307 e. The lowest BCUT2D eigenvalue weighted by atomic mass is 10.1. The zero-order chi connectivity index (χ0) is 25.4. The summed E-state index contributed by atoms with van der Waals surface area (Å²) in [5.41, 5.74) is 3.01.